The van der Waals surface area contributed by atoms with Crippen molar-refractivity contribution in [3.63, 3.8) is 0 Å². The van der Waals surface area contributed by atoms with E-state index in [1.807, 2.05) is 60.9 Å². The molecule has 12 heteroatoms. The van der Waals surface area contributed by atoms with Gasteiger partial charge in [-0.2, -0.15) is 0 Å². The van der Waals surface area contributed by atoms with Crippen molar-refractivity contribution in [1.82, 2.24) is 40.6 Å². The SMILES string of the molecule is COc1ccc(-n2cc(C=NCCCNCCNCCCN=Cc3cn(-c4ccc(OC)cc4)nn3)nn2)cc1. The minimum absolute atomic E-state index is 0.734. The summed E-state index contributed by atoms with van der Waals surface area (Å²) in [6.45, 7) is 5.14. The number of methoxy groups -OCH3 is 2. The van der Waals surface area contributed by atoms with Crippen LogP contribution in [0.1, 0.15) is 24.2 Å². The molecule has 0 aliphatic carbocycles. The maximum atomic E-state index is 5.18. The first-order valence-corrected chi connectivity index (χ1v) is 13.3. The molecule has 0 bridgehead atoms. The molecular formula is C28H36N10O2. The monoisotopic (exact) mass is 544 g/mol. The molecule has 0 saturated carbocycles. The van der Waals surface area contributed by atoms with E-state index in [0.717, 1.165) is 86.4 Å². The number of nitrogens with one attached hydrogen (secondary N) is 2. The Bertz CT molecular complexity index is 1230. The quantitative estimate of drug-likeness (QED) is 0.153. The normalized spacial score (nSPS) is 11.6. The Balaban J connectivity index is 0.993. The van der Waals surface area contributed by atoms with Crippen LogP contribution in [0.2, 0.25) is 0 Å². The molecule has 0 aliphatic rings. The van der Waals surface area contributed by atoms with Crippen LogP contribution in [0.25, 0.3) is 11.4 Å². The van der Waals surface area contributed by atoms with E-state index in [0.29, 0.717) is 0 Å². The van der Waals surface area contributed by atoms with E-state index in [2.05, 4.69) is 41.2 Å². The summed E-state index contributed by atoms with van der Waals surface area (Å²) in [6, 6.07) is 15.3. The lowest BCUT2D eigenvalue weighted by atomic mass is 10.3. The molecule has 2 N–H and O–H groups in total. The molecule has 0 atom stereocenters. The van der Waals surface area contributed by atoms with Gasteiger partial charge in [-0.25, -0.2) is 9.36 Å². The van der Waals surface area contributed by atoms with E-state index >= 15 is 0 Å². The summed E-state index contributed by atoms with van der Waals surface area (Å²) in [5.41, 5.74) is 3.31. The fourth-order valence-corrected chi connectivity index (χ4v) is 3.73. The van der Waals surface area contributed by atoms with Crippen LogP contribution in [0.15, 0.2) is 70.9 Å². The van der Waals surface area contributed by atoms with Gasteiger partial charge in [0.05, 0.1) is 50.4 Å². The highest BCUT2D eigenvalue weighted by molar-refractivity contribution is 5.76. The largest absolute Gasteiger partial charge is 0.497 e. The van der Waals surface area contributed by atoms with Crippen molar-refractivity contribution in [1.29, 1.82) is 0 Å². The van der Waals surface area contributed by atoms with Crippen LogP contribution in [0.3, 0.4) is 0 Å². The van der Waals surface area contributed by atoms with Crippen LogP contribution >= 0.6 is 0 Å². The molecule has 2 aromatic carbocycles. The fourth-order valence-electron chi connectivity index (χ4n) is 3.73. The first-order chi connectivity index (χ1) is 19.7. The smallest absolute Gasteiger partial charge is 0.124 e. The Kier molecular flexibility index (Phi) is 11.3. The van der Waals surface area contributed by atoms with Crippen LogP contribution in [-0.2, 0) is 0 Å². The lowest BCUT2D eigenvalue weighted by Gasteiger charge is -2.05. The zero-order chi connectivity index (χ0) is 27.8. The van der Waals surface area contributed by atoms with E-state index in [1.165, 1.54) is 0 Å². The third kappa shape index (κ3) is 9.10. The van der Waals surface area contributed by atoms with E-state index < -0.39 is 0 Å². The summed E-state index contributed by atoms with van der Waals surface area (Å²) in [5, 5.41) is 23.5. The van der Waals surface area contributed by atoms with Crippen molar-refractivity contribution in [3.05, 3.63) is 72.3 Å². The number of hydrogen-bond donors (Lipinski definition) is 2. The molecule has 2 heterocycles. The highest BCUT2D eigenvalue weighted by atomic mass is 16.5. The molecule has 0 amide bonds. The molecule has 0 unspecified atom stereocenters. The molecule has 4 rings (SSSR count). The average Bonchev–Trinajstić information content (AvgIpc) is 3.68. The molecule has 2 aromatic heterocycles. The van der Waals surface area contributed by atoms with Gasteiger partial charge in [0.2, 0.25) is 0 Å². The van der Waals surface area contributed by atoms with Crippen LogP contribution < -0.4 is 20.1 Å². The third-order valence-electron chi connectivity index (χ3n) is 5.90. The van der Waals surface area contributed by atoms with Crippen molar-refractivity contribution in [2.24, 2.45) is 9.98 Å². The van der Waals surface area contributed by atoms with E-state index in [-0.39, 0.29) is 0 Å². The van der Waals surface area contributed by atoms with Crippen LogP contribution in [0.5, 0.6) is 11.5 Å². The van der Waals surface area contributed by atoms with Crippen LogP contribution in [-0.4, -0.2) is 95.9 Å². The number of benzene rings is 2. The van der Waals surface area contributed by atoms with Gasteiger partial charge in [-0.1, -0.05) is 10.4 Å². The van der Waals surface area contributed by atoms with Gasteiger partial charge >= 0.3 is 0 Å². The van der Waals surface area contributed by atoms with Crippen LogP contribution in [0, 0.1) is 0 Å². The lowest BCUT2D eigenvalue weighted by Crippen LogP contribution is -2.29. The van der Waals surface area contributed by atoms with Crippen molar-refractivity contribution < 1.29 is 9.47 Å². The Labute approximate surface area is 234 Å². The van der Waals surface area contributed by atoms with E-state index in [9.17, 15) is 0 Å². The Hall–Kier alpha value is -4.42. The Morgan fingerprint density at radius 3 is 1.48 bits per heavy atom. The molecule has 0 aliphatic heterocycles. The number of hydrogen-bond acceptors (Lipinski definition) is 10. The molecule has 210 valence electrons. The zero-order valence-electron chi connectivity index (χ0n) is 23.0. The maximum absolute atomic E-state index is 5.18. The average molecular weight is 545 g/mol. The zero-order valence-corrected chi connectivity index (χ0v) is 23.0. The predicted octanol–water partition coefficient (Wildman–Crippen LogP) is 2.36. The summed E-state index contributed by atoms with van der Waals surface area (Å²) >= 11 is 0. The molecule has 0 spiro atoms. The predicted molar refractivity (Wildman–Crippen MR) is 156 cm³/mol. The molecule has 0 saturated heterocycles. The second-order valence-corrected chi connectivity index (χ2v) is 8.85. The van der Waals surface area contributed by atoms with Crippen molar-refractivity contribution in [2.45, 2.75) is 12.8 Å². The van der Waals surface area contributed by atoms with Gasteiger partial charge < -0.3 is 20.1 Å². The molecule has 0 radical (unpaired) electrons. The number of aromatic nitrogens is 6. The Morgan fingerprint density at radius 2 is 1.07 bits per heavy atom. The summed E-state index contributed by atoms with van der Waals surface area (Å²) in [7, 11) is 3.29. The van der Waals surface area contributed by atoms with Gasteiger partial charge in [0.1, 0.15) is 22.9 Å². The maximum Gasteiger partial charge on any atom is 0.124 e. The van der Waals surface area contributed by atoms with Gasteiger partial charge in [0.15, 0.2) is 0 Å². The van der Waals surface area contributed by atoms with Gasteiger partial charge in [-0.15, -0.1) is 10.2 Å². The minimum Gasteiger partial charge on any atom is -0.497 e. The summed E-state index contributed by atoms with van der Waals surface area (Å²) in [5.74, 6) is 1.61. The number of aliphatic imine (C=N–C) groups is 2. The van der Waals surface area contributed by atoms with E-state index in [4.69, 9.17) is 9.47 Å². The van der Waals surface area contributed by atoms with Crippen molar-refractivity contribution in [2.75, 3.05) is 53.5 Å². The second kappa shape index (κ2) is 15.9. The molecular weight excluding hydrogens is 508 g/mol. The molecule has 4 aromatic rings. The minimum atomic E-state index is 0.734. The van der Waals surface area contributed by atoms with Gasteiger partial charge in [-0.05, 0) is 74.5 Å². The standard InChI is InChI=1S/C28H36N10O2/c1-39-27-9-5-25(6-10-27)37-21-23(33-35-37)19-31-15-3-13-29-17-18-30-14-4-16-32-20-24-22-38(36-34-24)26-7-11-28(40-2)12-8-26/h5-12,19-22,29-30H,3-4,13-18H2,1-2H3. The van der Waals surface area contributed by atoms with Gasteiger partial charge in [-0.3, -0.25) is 9.98 Å². The number of nitrogens with zero attached hydrogens (tertiary/aromatic N) is 8. The number of ether oxygens (including phenoxy) is 2. The van der Waals surface area contributed by atoms with Crippen molar-refractivity contribution in [3.8, 4) is 22.9 Å². The molecule has 12 nitrogen and oxygen atoms in total. The van der Waals surface area contributed by atoms with Crippen LogP contribution in [0.4, 0.5) is 0 Å². The summed E-state index contributed by atoms with van der Waals surface area (Å²) < 4.78 is 13.8. The molecule has 0 fully saturated rings. The third-order valence-corrected chi connectivity index (χ3v) is 5.90. The highest BCUT2D eigenvalue weighted by Crippen LogP contribution is 2.15. The summed E-state index contributed by atoms with van der Waals surface area (Å²) in [6.07, 6.45) is 9.16. The lowest BCUT2D eigenvalue weighted by molar-refractivity contribution is 0.414. The Morgan fingerprint density at radius 1 is 0.650 bits per heavy atom. The van der Waals surface area contributed by atoms with Crippen molar-refractivity contribution >= 4 is 12.4 Å². The number of rotatable bonds is 17. The first-order valence-electron chi connectivity index (χ1n) is 13.3. The summed E-state index contributed by atoms with van der Waals surface area (Å²) in [4.78, 5) is 8.91. The highest BCUT2D eigenvalue weighted by Gasteiger charge is 2.02. The molecule has 40 heavy (non-hydrogen) atoms. The van der Waals surface area contributed by atoms with Gasteiger partial charge in [0.25, 0.3) is 0 Å². The second-order valence-electron chi connectivity index (χ2n) is 8.85. The van der Waals surface area contributed by atoms with Gasteiger partial charge in [0, 0.05) is 26.2 Å². The topological polar surface area (TPSA) is 129 Å². The van der Waals surface area contributed by atoms with E-state index in [1.54, 1.807) is 36.0 Å². The first kappa shape index (κ1) is 28.6. The fraction of sp³-hybridized carbons (Fsp3) is 0.357.